The molecule has 0 amide bonds. The predicted molar refractivity (Wildman–Crippen MR) is 132 cm³/mol. The highest BCUT2D eigenvalue weighted by atomic mass is 16.5. The molecule has 0 saturated heterocycles. The summed E-state index contributed by atoms with van der Waals surface area (Å²) in [6.45, 7) is 0. The summed E-state index contributed by atoms with van der Waals surface area (Å²) in [6, 6.07) is 17.7. The van der Waals surface area contributed by atoms with E-state index in [4.69, 9.17) is 18.9 Å². The molecule has 0 unspecified atom stereocenters. The highest BCUT2D eigenvalue weighted by Crippen LogP contribution is 2.31. The predicted octanol–water partition coefficient (Wildman–Crippen LogP) is 5.51. The lowest BCUT2D eigenvalue weighted by atomic mass is 10.0. The maximum atomic E-state index is 13.0. The topological polar surface area (TPSA) is 71.1 Å². The summed E-state index contributed by atoms with van der Waals surface area (Å²) in [7, 11) is 6.08. The van der Waals surface area contributed by atoms with Crippen LogP contribution in [0.5, 0.6) is 23.0 Å². The van der Waals surface area contributed by atoms with Crippen LogP contribution in [-0.2, 0) is 0 Å². The van der Waals surface area contributed by atoms with E-state index in [-0.39, 0.29) is 22.7 Å². The first kappa shape index (κ1) is 24.3. The van der Waals surface area contributed by atoms with E-state index in [1.807, 2.05) is 48.5 Å². The first-order chi connectivity index (χ1) is 16.5. The molecule has 34 heavy (non-hydrogen) atoms. The van der Waals surface area contributed by atoms with Gasteiger partial charge < -0.3 is 18.9 Å². The van der Waals surface area contributed by atoms with Crippen LogP contribution in [0.3, 0.4) is 0 Å². The molecule has 0 radical (unpaired) electrons. The fourth-order valence-corrected chi connectivity index (χ4v) is 3.30. The largest absolute Gasteiger partial charge is 0.497 e. The van der Waals surface area contributed by atoms with Gasteiger partial charge in [0.15, 0.2) is 11.6 Å². The van der Waals surface area contributed by atoms with Gasteiger partial charge in [-0.2, -0.15) is 0 Å². The standard InChI is InChI=1S/C28H26O6/c1-31-21-9-5-7-19(15-21)11-13-25(29)23-17-24(28(34-4)18-27(23)33-3)26(30)14-12-20-8-6-10-22(16-20)32-2/h5-18H,1-4H3/b13-11+,14-12+. The molecule has 0 atom stereocenters. The van der Waals surface area contributed by atoms with Crippen molar-refractivity contribution in [1.29, 1.82) is 0 Å². The third kappa shape index (κ3) is 5.92. The number of allylic oxidation sites excluding steroid dienone is 2. The van der Waals surface area contributed by atoms with Gasteiger partial charge in [0, 0.05) is 6.07 Å². The minimum absolute atomic E-state index is 0.251. The van der Waals surface area contributed by atoms with E-state index >= 15 is 0 Å². The second-order valence-electron chi connectivity index (χ2n) is 7.20. The highest BCUT2D eigenvalue weighted by molar-refractivity contribution is 6.13. The molecule has 0 aromatic heterocycles. The van der Waals surface area contributed by atoms with Gasteiger partial charge in [-0.15, -0.1) is 0 Å². The van der Waals surface area contributed by atoms with E-state index < -0.39 is 0 Å². The molecule has 3 rings (SSSR count). The van der Waals surface area contributed by atoms with Crippen LogP contribution in [0.15, 0.2) is 72.8 Å². The van der Waals surface area contributed by atoms with E-state index in [0.717, 1.165) is 11.1 Å². The number of rotatable bonds is 10. The van der Waals surface area contributed by atoms with Crippen LogP contribution in [0.4, 0.5) is 0 Å². The Morgan fingerprint density at radius 1 is 0.588 bits per heavy atom. The maximum absolute atomic E-state index is 13.0. The maximum Gasteiger partial charge on any atom is 0.189 e. The third-order valence-electron chi connectivity index (χ3n) is 5.09. The normalized spacial score (nSPS) is 10.9. The number of hydrogen-bond donors (Lipinski definition) is 0. The lowest BCUT2D eigenvalue weighted by molar-refractivity contribution is 0.104. The summed E-state index contributed by atoms with van der Waals surface area (Å²) in [4.78, 5) is 26.0. The quantitative estimate of drug-likeness (QED) is 0.295. The van der Waals surface area contributed by atoms with Crippen LogP contribution in [0, 0.1) is 0 Å². The minimum Gasteiger partial charge on any atom is -0.497 e. The Morgan fingerprint density at radius 2 is 1.03 bits per heavy atom. The Kier molecular flexibility index (Phi) is 8.24. The lowest BCUT2D eigenvalue weighted by Gasteiger charge is -2.12. The lowest BCUT2D eigenvalue weighted by Crippen LogP contribution is -2.06. The molecule has 6 heteroatoms. The summed E-state index contributed by atoms with van der Waals surface area (Å²) < 4.78 is 21.2. The summed E-state index contributed by atoms with van der Waals surface area (Å²) >= 11 is 0. The van der Waals surface area contributed by atoms with Crippen molar-refractivity contribution in [3.05, 3.63) is 95.1 Å². The van der Waals surface area contributed by atoms with Crippen molar-refractivity contribution in [2.24, 2.45) is 0 Å². The van der Waals surface area contributed by atoms with Crippen LogP contribution < -0.4 is 18.9 Å². The molecule has 0 bridgehead atoms. The molecule has 0 spiro atoms. The van der Waals surface area contributed by atoms with Gasteiger partial charge in [0.05, 0.1) is 39.6 Å². The summed E-state index contributed by atoms with van der Waals surface area (Å²) in [5.41, 5.74) is 2.11. The number of ether oxygens (including phenoxy) is 4. The Bertz CT molecular complexity index is 1150. The van der Waals surface area contributed by atoms with E-state index in [0.29, 0.717) is 23.0 Å². The van der Waals surface area contributed by atoms with E-state index in [1.165, 1.54) is 32.4 Å². The van der Waals surface area contributed by atoms with Crippen molar-refractivity contribution in [2.75, 3.05) is 28.4 Å². The van der Waals surface area contributed by atoms with Crippen molar-refractivity contribution >= 4 is 23.7 Å². The minimum atomic E-state index is -0.312. The van der Waals surface area contributed by atoms with E-state index in [2.05, 4.69) is 0 Å². The van der Waals surface area contributed by atoms with Crippen molar-refractivity contribution in [3.8, 4) is 23.0 Å². The van der Waals surface area contributed by atoms with Gasteiger partial charge in [-0.3, -0.25) is 9.59 Å². The molecule has 0 aliphatic carbocycles. The second kappa shape index (κ2) is 11.5. The van der Waals surface area contributed by atoms with Crippen molar-refractivity contribution < 1.29 is 28.5 Å². The zero-order valence-corrected chi connectivity index (χ0v) is 19.5. The van der Waals surface area contributed by atoms with Crippen molar-refractivity contribution in [3.63, 3.8) is 0 Å². The highest BCUT2D eigenvalue weighted by Gasteiger charge is 2.19. The summed E-state index contributed by atoms with van der Waals surface area (Å²) in [5, 5.41) is 0. The van der Waals surface area contributed by atoms with Gasteiger partial charge in [-0.25, -0.2) is 0 Å². The average molecular weight is 459 g/mol. The molecule has 3 aromatic carbocycles. The smallest absolute Gasteiger partial charge is 0.189 e. The van der Waals surface area contributed by atoms with Gasteiger partial charge in [0.2, 0.25) is 0 Å². The summed E-state index contributed by atoms with van der Waals surface area (Å²) in [6.07, 6.45) is 6.22. The number of hydrogen-bond acceptors (Lipinski definition) is 6. The van der Waals surface area contributed by atoms with Crippen molar-refractivity contribution in [2.45, 2.75) is 0 Å². The van der Waals surface area contributed by atoms with Crippen LogP contribution >= 0.6 is 0 Å². The van der Waals surface area contributed by atoms with Crippen LogP contribution in [0.1, 0.15) is 31.8 Å². The van der Waals surface area contributed by atoms with Gasteiger partial charge in [-0.05, 0) is 53.6 Å². The number of methoxy groups -OCH3 is 4. The van der Waals surface area contributed by atoms with Crippen LogP contribution in [0.2, 0.25) is 0 Å². The Balaban J connectivity index is 1.92. The average Bonchev–Trinajstić information content (AvgIpc) is 2.89. The molecule has 0 fully saturated rings. The first-order valence-electron chi connectivity index (χ1n) is 10.5. The molecular weight excluding hydrogens is 432 g/mol. The summed E-state index contributed by atoms with van der Waals surface area (Å²) in [5.74, 6) is 1.37. The fourth-order valence-electron chi connectivity index (χ4n) is 3.30. The number of ketones is 2. The SMILES string of the molecule is COc1cccc(/C=C/C(=O)c2cc(C(=O)/C=C/c3cccc(OC)c3)c(OC)cc2OC)c1. The molecule has 0 saturated carbocycles. The fraction of sp³-hybridized carbons (Fsp3) is 0.143. The molecule has 0 aliphatic heterocycles. The molecule has 6 nitrogen and oxygen atoms in total. The Morgan fingerprint density at radius 3 is 1.41 bits per heavy atom. The van der Waals surface area contributed by atoms with Gasteiger partial charge in [0.25, 0.3) is 0 Å². The van der Waals surface area contributed by atoms with Gasteiger partial charge in [0.1, 0.15) is 23.0 Å². The van der Waals surface area contributed by atoms with E-state index in [1.54, 1.807) is 32.4 Å². The van der Waals surface area contributed by atoms with Crippen LogP contribution in [0.25, 0.3) is 12.2 Å². The Labute approximate surface area is 199 Å². The number of carbonyl (C=O) groups excluding carboxylic acids is 2. The molecular formula is C28H26O6. The van der Waals surface area contributed by atoms with Gasteiger partial charge in [-0.1, -0.05) is 36.4 Å². The molecule has 0 N–H and O–H groups in total. The number of benzene rings is 3. The van der Waals surface area contributed by atoms with E-state index in [9.17, 15) is 9.59 Å². The number of carbonyl (C=O) groups is 2. The molecule has 0 heterocycles. The molecule has 0 aliphatic rings. The molecule has 3 aromatic rings. The van der Waals surface area contributed by atoms with Gasteiger partial charge >= 0.3 is 0 Å². The Hall–Kier alpha value is -4.32. The van der Waals surface area contributed by atoms with Crippen LogP contribution in [-0.4, -0.2) is 40.0 Å². The first-order valence-corrected chi connectivity index (χ1v) is 10.5. The zero-order valence-electron chi connectivity index (χ0n) is 19.5. The second-order valence-corrected chi connectivity index (χ2v) is 7.20. The van der Waals surface area contributed by atoms with Crippen molar-refractivity contribution in [1.82, 2.24) is 0 Å². The monoisotopic (exact) mass is 458 g/mol. The zero-order chi connectivity index (χ0) is 24.5. The third-order valence-corrected chi connectivity index (χ3v) is 5.09. The molecule has 174 valence electrons.